The van der Waals surface area contributed by atoms with E-state index in [1.54, 1.807) is 0 Å². The highest BCUT2D eigenvalue weighted by molar-refractivity contribution is 5.69. The zero-order chi connectivity index (χ0) is 14.5. The van der Waals surface area contributed by atoms with Crippen LogP contribution in [0.5, 0.6) is 0 Å². The van der Waals surface area contributed by atoms with E-state index < -0.39 is 5.97 Å². The highest BCUT2D eigenvalue weighted by atomic mass is 16.7. The van der Waals surface area contributed by atoms with Gasteiger partial charge in [0.1, 0.15) is 0 Å². The van der Waals surface area contributed by atoms with Crippen molar-refractivity contribution in [3.8, 4) is 0 Å². The maximum absolute atomic E-state index is 11.2. The van der Waals surface area contributed by atoms with Crippen molar-refractivity contribution in [1.29, 1.82) is 0 Å². The molecule has 2 N–H and O–H groups in total. The van der Waals surface area contributed by atoms with Crippen molar-refractivity contribution in [2.45, 2.75) is 65.2 Å². The molecule has 0 spiro atoms. The number of nitrogens with one attached hydrogen (secondary N) is 1. The zero-order valence-electron chi connectivity index (χ0n) is 12.1. The average molecular weight is 273 g/mol. The molecule has 0 aliphatic rings. The molecule has 0 bridgehead atoms. The van der Waals surface area contributed by atoms with Crippen molar-refractivity contribution in [3.05, 3.63) is 0 Å². The average Bonchev–Trinajstić information content (AvgIpc) is 2.33. The Bertz CT molecular complexity index is 254. The molecule has 0 aliphatic carbocycles. The van der Waals surface area contributed by atoms with Gasteiger partial charge in [-0.2, -0.15) is 5.48 Å². The maximum atomic E-state index is 11.2. The molecule has 0 unspecified atom stereocenters. The minimum atomic E-state index is -0.912. The molecule has 0 aliphatic heterocycles. The fraction of sp³-hybridized carbons (Fsp3) is 0.857. The summed E-state index contributed by atoms with van der Waals surface area (Å²) in [7, 11) is 0. The Hall–Kier alpha value is -1.10. The van der Waals surface area contributed by atoms with E-state index in [1.807, 2.05) is 0 Å². The van der Waals surface area contributed by atoms with Gasteiger partial charge in [-0.3, -0.25) is 9.59 Å². The van der Waals surface area contributed by atoms with Gasteiger partial charge in [0, 0.05) is 13.0 Å². The van der Waals surface area contributed by atoms with Crippen molar-refractivity contribution >= 4 is 11.9 Å². The second-order valence-corrected chi connectivity index (χ2v) is 5.21. The second kappa shape index (κ2) is 12.0. The van der Waals surface area contributed by atoms with Crippen LogP contribution in [0.2, 0.25) is 0 Å². The summed E-state index contributed by atoms with van der Waals surface area (Å²) in [4.78, 5) is 26.1. The largest absolute Gasteiger partial charge is 0.481 e. The Labute approximate surface area is 115 Å². The number of hydrogen-bond donors (Lipinski definition) is 2. The molecule has 0 saturated carbocycles. The number of carboxylic acid groups (broad SMARTS) is 1. The smallest absolute Gasteiger partial charge is 0.324 e. The highest BCUT2D eigenvalue weighted by Gasteiger charge is 2.03. The predicted octanol–water partition coefficient (Wildman–Crippen LogP) is 2.90. The maximum Gasteiger partial charge on any atom is 0.324 e. The van der Waals surface area contributed by atoms with Gasteiger partial charge >= 0.3 is 11.9 Å². The molecule has 5 nitrogen and oxygen atoms in total. The molecular weight excluding hydrogens is 246 g/mol. The summed E-state index contributed by atoms with van der Waals surface area (Å²) >= 11 is 0. The summed E-state index contributed by atoms with van der Waals surface area (Å²) < 4.78 is 0. The molecule has 5 heteroatoms. The Morgan fingerprint density at radius 1 is 1.05 bits per heavy atom. The molecule has 0 fully saturated rings. The summed E-state index contributed by atoms with van der Waals surface area (Å²) in [5.41, 5.74) is 2.36. The standard InChI is InChI=1S/C14H27NO4/c1-12(2)8-6-4-3-5-7-9-14(18)19-15-11-10-13(16)17/h12,15H,3-11H2,1-2H3,(H,16,17). The van der Waals surface area contributed by atoms with E-state index in [4.69, 9.17) is 9.94 Å². The third-order valence-corrected chi connectivity index (χ3v) is 2.79. The lowest BCUT2D eigenvalue weighted by Gasteiger charge is -2.05. The van der Waals surface area contributed by atoms with Crippen LogP contribution in [0.4, 0.5) is 0 Å². The lowest BCUT2D eigenvalue weighted by molar-refractivity contribution is -0.152. The number of carbonyl (C=O) groups is 2. The number of aliphatic carboxylic acids is 1. The van der Waals surface area contributed by atoms with Gasteiger partial charge in [-0.15, -0.1) is 0 Å². The molecule has 0 saturated heterocycles. The summed E-state index contributed by atoms with van der Waals surface area (Å²) in [6.07, 6.45) is 7.14. The van der Waals surface area contributed by atoms with E-state index in [2.05, 4.69) is 19.3 Å². The fourth-order valence-electron chi connectivity index (χ4n) is 1.69. The zero-order valence-corrected chi connectivity index (χ0v) is 12.1. The minimum Gasteiger partial charge on any atom is -0.481 e. The van der Waals surface area contributed by atoms with Crippen LogP contribution in [0.3, 0.4) is 0 Å². The molecule has 0 aromatic heterocycles. The molecule has 0 radical (unpaired) electrons. The van der Waals surface area contributed by atoms with Crippen LogP contribution >= 0.6 is 0 Å². The van der Waals surface area contributed by atoms with Crippen LogP contribution in [0.15, 0.2) is 0 Å². The van der Waals surface area contributed by atoms with Crippen molar-refractivity contribution < 1.29 is 19.5 Å². The number of carbonyl (C=O) groups excluding carboxylic acids is 1. The summed E-state index contributed by atoms with van der Waals surface area (Å²) in [6, 6.07) is 0. The Balaban J connectivity index is 3.22. The first-order valence-corrected chi connectivity index (χ1v) is 7.16. The summed E-state index contributed by atoms with van der Waals surface area (Å²) in [5, 5.41) is 8.38. The number of hydroxylamine groups is 1. The number of hydrogen-bond acceptors (Lipinski definition) is 4. The Morgan fingerprint density at radius 3 is 2.32 bits per heavy atom. The van der Waals surface area contributed by atoms with E-state index in [0.717, 1.165) is 25.2 Å². The van der Waals surface area contributed by atoms with Crippen LogP contribution in [-0.2, 0) is 14.4 Å². The van der Waals surface area contributed by atoms with Gasteiger partial charge < -0.3 is 9.94 Å². The van der Waals surface area contributed by atoms with Crippen molar-refractivity contribution in [2.75, 3.05) is 6.54 Å². The van der Waals surface area contributed by atoms with E-state index in [9.17, 15) is 9.59 Å². The van der Waals surface area contributed by atoms with Crippen LogP contribution < -0.4 is 5.48 Å². The van der Waals surface area contributed by atoms with Crippen LogP contribution in [0, 0.1) is 5.92 Å². The predicted molar refractivity (Wildman–Crippen MR) is 73.5 cm³/mol. The van der Waals surface area contributed by atoms with Gasteiger partial charge in [0.2, 0.25) is 0 Å². The molecule has 0 amide bonds. The number of unbranched alkanes of at least 4 members (excludes halogenated alkanes) is 4. The molecular formula is C14H27NO4. The number of carboxylic acids is 1. The molecule has 0 aromatic carbocycles. The SMILES string of the molecule is CC(C)CCCCCCCC(=O)ONCCC(=O)O. The third kappa shape index (κ3) is 14.8. The third-order valence-electron chi connectivity index (χ3n) is 2.79. The van der Waals surface area contributed by atoms with Gasteiger partial charge in [-0.25, -0.2) is 0 Å². The van der Waals surface area contributed by atoms with Crippen LogP contribution in [-0.4, -0.2) is 23.6 Å². The molecule has 112 valence electrons. The minimum absolute atomic E-state index is 0.0524. The van der Waals surface area contributed by atoms with Gasteiger partial charge in [-0.1, -0.05) is 46.0 Å². The van der Waals surface area contributed by atoms with E-state index in [0.29, 0.717) is 6.42 Å². The van der Waals surface area contributed by atoms with Gasteiger partial charge in [-0.05, 0) is 12.3 Å². The second-order valence-electron chi connectivity index (χ2n) is 5.21. The van der Waals surface area contributed by atoms with Gasteiger partial charge in [0.15, 0.2) is 0 Å². The summed E-state index contributed by atoms with van der Waals surface area (Å²) in [5.74, 6) is -0.454. The lowest BCUT2D eigenvalue weighted by atomic mass is 10.0. The first-order chi connectivity index (χ1) is 9.02. The van der Waals surface area contributed by atoms with E-state index >= 15 is 0 Å². The van der Waals surface area contributed by atoms with Crippen LogP contribution in [0.1, 0.15) is 65.2 Å². The molecule has 0 heterocycles. The first-order valence-electron chi connectivity index (χ1n) is 7.16. The molecule has 0 aromatic rings. The molecule has 0 rings (SSSR count). The lowest BCUT2D eigenvalue weighted by Crippen LogP contribution is -2.22. The summed E-state index contributed by atoms with van der Waals surface area (Å²) in [6.45, 7) is 4.61. The van der Waals surface area contributed by atoms with Crippen molar-refractivity contribution in [1.82, 2.24) is 5.48 Å². The van der Waals surface area contributed by atoms with Crippen molar-refractivity contribution in [3.63, 3.8) is 0 Å². The fourth-order valence-corrected chi connectivity index (χ4v) is 1.69. The Morgan fingerprint density at radius 2 is 1.68 bits per heavy atom. The molecule has 19 heavy (non-hydrogen) atoms. The topological polar surface area (TPSA) is 75.6 Å². The normalized spacial score (nSPS) is 10.7. The Kier molecular flexibility index (Phi) is 11.3. The highest BCUT2D eigenvalue weighted by Crippen LogP contribution is 2.11. The van der Waals surface area contributed by atoms with E-state index in [-0.39, 0.29) is 18.9 Å². The van der Waals surface area contributed by atoms with Crippen LogP contribution in [0.25, 0.3) is 0 Å². The van der Waals surface area contributed by atoms with Gasteiger partial charge in [0.25, 0.3) is 0 Å². The van der Waals surface area contributed by atoms with E-state index in [1.165, 1.54) is 19.3 Å². The number of rotatable bonds is 12. The monoisotopic (exact) mass is 273 g/mol. The molecule has 0 atom stereocenters. The van der Waals surface area contributed by atoms with Crippen molar-refractivity contribution in [2.24, 2.45) is 5.92 Å². The van der Waals surface area contributed by atoms with Gasteiger partial charge in [0.05, 0.1) is 6.42 Å². The first kappa shape index (κ1) is 17.9. The quantitative estimate of drug-likeness (QED) is 0.422.